The van der Waals surface area contributed by atoms with Crippen LogP contribution >= 0.6 is 0 Å². The molecule has 1 heterocycles. The van der Waals surface area contributed by atoms with E-state index >= 15 is 0 Å². The summed E-state index contributed by atoms with van der Waals surface area (Å²) in [5.74, 6) is 1.33. The Labute approximate surface area is 135 Å². The Morgan fingerprint density at radius 3 is 2.70 bits per heavy atom. The van der Waals surface area contributed by atoms with E-state index in [1.54, 1.807) is 7.11 Å². The number of aryl methyl sites for hydroxylation is 1. The summed E-state index contributed by atoms with van der Waals surface area (Å²) in [6, 6.07) is 19.3. The van der Waals surface area contributed by atoms with Crippen LogP contribution in [0.25, 0.3) is 10.9 Å². The number of hydrogen-bond acceptors (Lipinski definition) is 3. The van der Waals surface area contributed by atoms with Gasteiger partial charge in [0.25, 0.3) is 0 Å². The summed E-state index contributed by atoms with van der Waals surface area (Å²) in [6.07, 6.45) is 1.01. The zero-order chi connectivity index (χ0) is 16.1. The van der Waals surface area contributed by atoms with Crippen molar-refractivity contribution >= 4 is 22.6 Å². The topological polar surface area (TPSA) is 51.2 Å². The number of ether oxygens (including phenoxy) is 1. The summed E-state index contributed by atoms with van der Waals surface area (Å²) in [5.41, 5.74) is 1.90. The lowest BCUT2D eigenvalue weighted by molar-refractivity contribution is -0.116. The molecule has 0 fully saturated rings. The molecule has 0 saturated heterocycles. The molecule has 0 radical (unpaired) electrons. The molecule has 0 atom stereocenters. The summed E-state index contributed by atoms with van der Waals surface area (Å²) < 4.78 is 5.30. The highest BCUT2D eigenvalue weighted by Crippen LogP contribution is 2.19. The maximum atomic E-state index is 12.1. The minimum absolute atomic E-state index is 0.0568. The first-order chi connectivity index (χ1) is 11.3. The van der Waals surface area contributed by atoms with Crippen molar-refractivity contribution in [3.63, 3.8) is 0 Å². The first kappa shape index (κ1) is 15.0. The zero-order valence-electron chi connectivity index (χ0n) is 13.0. The van der Waals surface area contributed by atoms with Gasteiger partial charge in [0.15, 0.2) is 0 Å². The third-order valence-corrected chi connectivity index (χ3v) is 3.68. The number of nitrogens with one attached hydrogen (secondary N) is 1. The Morgan fingerprint density at radius 1 is 1.04 bits per heavy atom. The Hall–Kier alpha value is -2.88. The van der Waals surface area contributed by atoms with Gasteiger partial charge in [-0.2, -0.15) is 0 Å². The number of carbonyl (C=O) groups excluding carboxylic acids is 1. The number of para-hydroxylation sites is 2. The Morgan fingerprint density at radius 2 is 1.83 bits per heavy atom. The molecule has 0 aliphatic carbocycles. The molecule has 4 nitrogen and oxygen atoms in total. The number of benzene rings is 2. The fraction of sp³-hybridized carbons (Fsp3) is 0.158. The lowest BCUT2D eigenvalue weighted by atomic mass is 10.1. The molecule has 3 aromatic rings. The molecule has 1 amide bonds. The van der Waals surface area contributed by atoms with E-state index in [1.807, 2.05) is 60.7 Å². The fourth-order valence-electron chi connectivity index (χ4n) is 2.50. The van der Waals surface area contributed by atoms with Crippen molar-refractivity contribution in [1.29, 1.82) is 0 Å². The van der Waals surface area contributed by atoms with Crippen LogP contribution in [-0.4, -0.2) is 18.0 Å². The van der Waals surface area contributed by atoms with Crippen LogP contribution in [0.4, 0.5) is 5.82 Å². The zero-order valence-corrected chi connectivity index (χ0v) is 13.0. The molecule has 3 rings (SSSR count). The van der Waals surface area contributed by atoms with Crippen LogP contribution in [0.5, 0.6) is 5.75 Å². The van der Waals surface area contributed by atoms with E-state index in [0.29, 0.717) is 18.7 Å². The highest BCUT2D eigenvalue weighted by Gasteiger charge is 2.07. The number of amides is 1. The van der Waals surface area contributed by atoms with Crippen molar-refractivity contribution in [3.05, 3.63) is 66.2 Å². The maximum absolute atomic E-state index is 12.1. The van der Waals surface area contributed by atoms with Crippen LogP contribution in [0.1, 0.15) is 12.0 Å². The van der Waals surface area contributed by atoms with Gasteiger partial charge in [-0.15, -0.1) is 0 Å². The molecule has 4 heteroatoms. The lowest BCUT2D eigenvalue weighted by Crippen LogP contribution is -2.13. The van der Waals surface area contributed by atoms with Gasteiger partial charge in [0.05, 0.1) is 12.6 Å². The highest BCUT2D eigenvalue weighted by molar-refractivity contribution is 5.91. The standard InChI is InChI=1S/C19H18N2O2/c1-23-17-9-5-3-7-15(17)11-13-19(22)21-18-12-10-14-6-2-4-8-16(14)20-18/h2-10,12H,11,13H2,1H3,(H,20,21,22). The van der Waals surface area contributed by atoms with Gasteiger partial charge in [0, 0.05) is 11.8 Å². The number of pyridine rings is 1. The van der Waals surface area contributed by atoms with Crippen LogP contribution in [0.3, 0.4) is 0 Å². The van der Waals surface area contributed by atoms with Crippen molar-refractivity contribution in [3.8, 4) is 5.75 Å². The second kappa shape index (κ2) is 6.92. The van der Waals surface area contributed by atoms with Gasteiger partial charge < -0.3 is 10.1 Å². The van der Waals surface area contributed by atoms with Gasteiger partial charge in [-0.25, -0.2) is 4.98 Å². The molecule has 0 unspecified atom stereocenters. The van der Waals surface area contributed by atoms with Gasteiger partial charge in [-0.3, -0.25) is 4.79 Å². The normalized spacial score (nSPS) is 10.5. The molecule has 0 saturated carbocycles. The molecule has 1 aromatic heterocycles. The van der Waals surface area contributed by atoms with Gasteiger partial charge in [-0.1, -0.05) is 36.4 Å². The third kappa shape index (κ3) is 3.66. The van der Waals surface area contributed by atoms with E-state index in [-0.39, 0.29) is 5.91 Å². The van der Waals surface area contributed by atoms with E-state index < -0.39 is 0 Å². The van der Waals surface area contributed by atoms with Gasteiger partial charge in [-0.05, 0) is 36.2 Å². The molecule has 0 aliphatic rings. The Balaban J connectivity index is 1.64. The van der Waals surface area contributed by atoms with Crippen molar-refractivity contribution < 1.29 is 9.53 Å². The number of nitrogens with zero attached hydrogens (tertiary/aromatic N) is 1. The van der Waals surface area contributed by atoms with Crippen LogP contribution < -0.4 is 10.1 Å². The van der Waals surface area contributed by atoms with E-state index in [1.165, 1.54) is 0 Å². The number of aromatic nitrogens is 1. The SMILES string of the molecule is COc1ccccc1CCC(=O)Nc1ccc2ccccc2n1. The van der Waals surface area contributed by atoms with Gasteiger partial charge in [0.2, 0.25) is 5.91 Å². The number of fused-ring (bicyclic) bond motifs is 1. The molecular weight excluding hydrogens is 288 g/mol. The minimum Gasteiger partial charge on any atom is -0.496 e. The molecule has 1 N–H and O–H groups in total. The smallest absolute Gasteiger partial charge is 0.225 e. The van der Waals surface area contributed by atoms with Crippen molar-refractivity contribution in [2.45, 2.75) is 12.8 Å². The predicted octanol–water partition coefficient (Wildman–Crippen LogP) is 3.81. The van der Waals surface area contributed by atoms with Crippen LogP contribution in [0, 0.1) is 0 Å². The molecule has 0 aliphatic heterocycles. The van der Waals surface area contributed by atoms with Crippen molar-refractivity contribution in [2.75, 3.05) is 12.4 Å². The average Bonchev–Trinajstić information content (AvgIpc) is 2.60. The van der Waals surface area contributed by atoms with E-state index in [4.69, 9.17) is 4.74 Å². The predicted molar refractivity (Wildman–Crippen MR) is 91.7 cm³/mol. The largest absolute Gasteiger partial charge is 0.496 e. The number of anilines is 1. The van der Waals surface area contributed by atoms with Crippen molar-refractivity contribution in [1.82, 2.24) is 4.98 Å². The van der Waals surface area contributed by atoms with Gasteiger partial charge >= 0.3 is 0 Å². The third-order valence-electron chi connectivity index (χ3n) is 3.68. The second-order valence-electron chi connectivity index (χ2n) is 5.25. The summed E-state index contributed by atoms with van der Waals surface area (Å²) in [7, 11) is 1.64. The van der Waals surface area contributed by atoms with Crippen molar-refractivity contribution in [2.24, 2.45) is 0 Å². The fourth-order valence-corrected chi connectivity index (χ4v) is 2.50. The number of methoxy groups -OCH3 is 1. The Bertz CT molecular complexity index is 830. The number of carbonyl (C=O) groups is 1. The first-order valence-electron chi connectivity index (χ1n) is 7.54. The van der Waals surface area contributed by atoms with Crippen LogP contribution in [0.2, 0.25) is 0 Å². The summed E-state index contributed by atoms with van der Waals surface area (Å²) in [4.78, 5) is 16.6. The summed E-state index contributed by atoms with van der Waals surface area (Å²) in [5, 5.41) is 3.91. The van der Waals surface area contributed by atoms with E-state index in [2.05, 4.69) is 10.3 Å². The molecule has 2 aromatic carbocycles. The Kier molecular flexibility index (Phi) is 4.52. The molecule has 0 spiro atoms. The summed E-state index contributed by atoms with van der Waals surface area (Å²) >= 11 is 0. The van der Waals surface area contributed by atoms with E-state index in [0.717, 1.165) is 22.2 Å². The average molecular weight is 306 g/mol. The quantitative estimate of drug-likeness (QED) is 0.779. The van der Waals surface area contributed by atoms with Crippen LogP contribution in [-0.2, 0) is 11.2 Å². The van der Waals surface area contributed by atoms with Crippen LogP contribution in [0.15, 0.2) is 60.7 Å². The lowest BCUT2D eigenvalue weighted by Gasteiger charge is -2.08. The van der Waals surface area contributed by atoms with Gasteiger partial charge in [0.1, 0.15) is 11.6 Å². The molecule has 23 heavy (non-hydrogen) atoms. The molecule has 116 valence electrons. The number of hydrogen-bond donors (Lipinski definition) is 1. The molecular formula is C19H18N2O2. The monoisotopic (exact) mass is 306 g/mol. The van der Waals surface area contributed by atoms with E-state index in [9.17, 15) is 4.79 Å². The minimum atomic E-state index is -0.0568. The first-order valence-corrected chi connectivity index (χ1v) is 7.54. The highest BCUT2D eigenvalue weighted by atomic mass is 16.5. The molecule has 0 bridgehead atoms. The number of rotatable bonds is 5. The summed E-state index contributed by atoms with van der Waals surface area (Å²) in [6.45, 7) is 0. The second-order valence-corrected chi connectivity index (χ2v) is 5.25. The maximum Gasteiger partial charge on any atom is 0.225 e.